The highest BCUT2D eigenvalue weighted by molar-refractivity contribution is 5.93. The molecular formula is C15H17NO3. The maximum atomic E-state index is 11.8. The number of anilines is 1. The number of carboxylic acids is 1. The quantitative estimate of drug-likeness (QED) is 0.817. The maximum absolute atomic E-state index is 11.8. The third-order valence-electron chi connectivity index (χ3n) is 3.43. The van der Waals surface area contributed by atoms with Crippen molar-refractivity contribution >= 4 is 23.6 Å². The first kappa shape index (κ1) is 13.3. The Morgan fingerprint density at radius 3 is 2.68 bits per heavy atom. The number of carbonyl (C=O) groups excluding carboxylic acids is 1. The van der Waals surface area contributed by atoms with E-state index < -0.39 is 5.97 Å². The molecule has 100 valence electrons. The summed E-state index contributed by atoms with van der Waals surface area (Å²) < 4.78 is 0. The van der Waals surface area contributed by atoms with Crippen LogP contribution in [0.25, 0.3) is 6.08 Å². The molecule has 0 unspecified atom stereocenters. The Hall–Kier alpha value is -2.10. The van der Waals surface area contributed by atoms with Crippen LogP contribution >= 0.6 is 0 Å². The summed E-state index contributed by atoms with van der Waals surface area (Å²) in [4.78, 5) is 22.4. The van der Waals surface area contributed by atoms with E-state index in [1.165, 1.54) is 6.08 Å². The summed E-state index contributed by atoms with van der Waals surface area (Å²) in [6.45, 7) is 1.90. The molecule has 0 aliphatic heterocycles. The lowest BCUT2D eigenvalue weighted by Gasteiger charge is -2.24. The molecule has 1 saturated carbocycles. The van der Waals surface area contributed by atoms with Crippen molar-refractivity contribution < 1.29 is 14.7 Å². The van der Waals surface area contributed by atoms with Crippen LogP contribution in [-0.2, 0) is 9.59 Å². The number of benzene rings is 1. The van der Waals surface area contributed by atoms with E-state index in [1.54, 1.807) is 6.07 Å². The number of hydrogen-bond acceptors (Lipinski definition) is 2. The lowest BCUT2D eigenvalue weighted by Crippen LogP contribution is -2.28. The van der Waals surface area contributed by atoms with Crippen molar-refractivity contribution in [2.24, 2.45) is 5.92 Å². The lowest BCUT2D eigenvalue weighted by molar-refractivity contribution is -0.131. The summed E-state index contributed by atoms with van der Waals surface area (Å²) in [7, 11) is 0. The van der Waals surface area contributed by atoms with Crippen LogP contribution in [0.4, 0.5) is 5.69 Å². The monoisotopic (exact) mass is 259 g/mol. The van der Waals surface area contributed by atoms with Crippen molar-refractivity contribution in [3.8, 4) is 0 Å². The smallest absolute Gasteiger partial charge is 0.328 e. The minimum atomic E-state index is -0.983. The number of nitrogens with one attached hydrogen (secondary N) is 1. The molecule has 0 atom stereocenters. The number of hydrogen-bond donors (Lipinski definition) is 2. The van der Waals surface area contributed by atoms with E-state index in [9.17, 15) is 9.59 Å². The van der Waals surface area contributed by atoms with Crippen molar-refractivity contribution in [2.45, 2.75) is 26.2 Å². The van der Waals surface area contributed by atoms with Crippen LogP contribution in [0, 0.1) is 12.8 Å². The van der Waals surface area contributed by atoms with E-state index in [0.29, 0.717) is 5.69 Å². The Kier molecular flexibility index (Phi) is 4.00. The molecule has 1 fully saturated rings. The molecule has 2 rings (SSSR count). The normalized spacial score (nSPS) is 15.2. The molecule has 0 radical (unpaired) electrons. The molecule has 0 spiro atoms. The van der Waals surface area contributed by atoms with Crippen LogP contribution in [0.3, 0.4) is 0 Å². The molecule has 4 heteroatoms. The molecule has 2 N–H and O–H groups in total. The van der Waals surface area contributed by atoms with Crippen LogP contribution in [0.15, 0.2) is 24.3 Å². The first-order chi connectivity index (χ1) is 9.06. The SMILES string of the molecule is Cc1ccc(NC(=O)C2CCC2)cc1C=CC(=O)O. The van der Waals surface area contributed by atoms with E-state index in [0.717, 1.165) is 36.5 Å². The topological polar surface area (TPSA) is 66.4 Å². The van der Waals surface area contributed by atoms with Crippen molar-refractivity contribution in [3.05, 3.63) is 35.4 Å². The average molecular weight is 259 g/mol. The van der Waals surface area contributed by atoms with Gasteiger partial charge in [-0.2, -0.15) is 0 Å². The number of amides is 1. The van der Waals surface area contributed by atoms with Gasteiger partial charge in [-0.3, -0.25) is 4.79 Å². The van der Waals surface area contributed by atoms with Gasteiger partial charge in [0.25, 0.3) is 0 Å². The molecule has 0 heterocycles. The minimum absolute atomic E-state index is 0.0586. The lowest BCUT2D eigenvalue weighted by atomic mass is 9.85. The van der Waals surface area contributed by atoms with Crippen molar-refractivity contribution in [1.29, 1.82) is 0 Å². The highest BCUT2D eigenvalue weighted by atomic mass is 16.4. The van der Waals surface area contributed by atoms with E-state index in [2.05, 4.69) is 5.32 Å². The zero-order chi connectivity index (χ0) is 13.8. The summed E-state index contributed by atoms with van der Waals surface area (Å²) in [5, 5.41) is 11.5. The number of carbonyl (C=O) groups is 2. The van der Waals surface area contributed by atoms with Gasteiger partial charge in [-0.25, -0.2) is 4.79 Å². The van der Waals surface area contributed by atoms with Crippen LogP contribution in [0.5, 0.6) is 0 Å². The summed E-state index contributed by atoms with van der Waals surface area (Å²) >= 11 is 0. The minimum Gasteiger partial charge on any atom is -0.478 e. The predicted octanol–water partition coefficient (Wildman–Crippen LogP) is 2.83. The second-order valence-electron chi connectivity index (χ2n) is 4.86. The number of aryl methyl sites for hydroxylation is 1. The summed E-state index contributed by atoms with van der Waals surface area (Å²) in [6.07, 6.45) is 5.68. The van der Waals surface area contributed by atoms with Crippen LogP contribution < -0.4 is 5.32 Å². The molecule has 1 aromatic carbocycles. The fourth-order valence-corrected chi connectivity index (χ4v) is 1.97. The maximum Gasteiger partial charge on any atom is 0.328 e. The molecule has 4 nitrogen and oxygen atoms in total. The number of aliphatic carboxylic acids is 1. The van der Waals surface area contributed by atoms with Crippen LogP contribution in [0.2, 0.25) is 0 Å². The molecule has 19 heavy (non-hydrogen) atoms. The van der Waals surface area contributed by atoms with Gasteiger partial charge in [0.05, 0.1) is 0 Å². The first-order valence-corrected chi connectivity index (χ1v) is 6.39. The third kappa shape index (κ3) is 3.44. The van der Waals surface area contributed by atoms with Gasteiger partial charge in [-0.15, -0.1) is 0 Å². The first-order valence-electron chi connectivity index (χ1n) is 6.39. The van der Waals surface area contributed by atoms with Gasteiger partial charge in [0.15, 0.2) is 0 Å². The summed E-state index contributed by atoms with van der Waals surface area (Å²) in [5.41, 5.74) is 2.49. The summed E-state index contributed by atoms with van der Waals surface area (Å²) in [6, 6.07) is 5.51. The van der Waals surface area contributed by atoms with Crippen molar-refractivity contribution in [3.63, 3.8) is 0 Å². The molecule has 1 aliphatic carbocycles. The number of rotatable bonds is 4. The molecule has 1 amide bonds. The standard InChI is InChI=1S/C15H17NO3/c1-10-5-7-13(9-12(10)6-8-14(17)18)16-15(19)11-3-2-4-11/h5-9,11H,2-4H2,1H3,(H,16,19)(H,17,18). The van der Waals surface area contributed by atoms with E-state index in [4.69, 9.17) is 5.11 Å². The molecular weight excluding hydrogens is 242 g/mol. The van der Waals surface area contributed by atoms with Crippen molar-refractivity contribution in [2.75, 3.05) is 5.32 Å². The van der Waals surface area contributed by atoms with Gasteiger partial charge >= 0.3 is 5.97 Å². The molecule has 1 aromatic rings. The largest absolute Gasteiger partial charge is 0.478 e. The average Bonchev–Trinajstić information content (AvgIpc) is 2.27. The van der Waals surface area contributed by atoms with Gasteiger partial charge in [-0.05, 0) is 49.1 Å². The third-order valence-corrected chi connectivity index (χ3v) is 3.43. The van der Waals surface area contributed by atoms with Crippen molar-refractivity contribution in [1.82, 2.24) is 0 Å². The van der Waals surface area contributed by atoms with Gasteiger partial charge in [-0.1, -0.05) is 12.5 Å². The van der Waals surface area contributed by atoms with Crippen LogP contribution in [0.1, 0.15) is 30.4 Å². The highest BCUT2D eigenvalue weighted by Crippen LogP contribution is 2.28. The van der Waals surface area contributed by atoms with Gasteiger partial charge in [0.1, 0.15) is 0 Å². The Morgan fingerprint density at radius 2 is 2.11 bits per heavy atom. The van der Waals surface area contributed by atoms with Crippen LogP contribution in [-0.4, -0.2) is 17.0 Å². The van der Waals surface area contributed by atoms with Gasteiger partial charge in [0.2, 0.25) is 5.91 Å². The van der Waals surface area contributed by atoms with E-state index in [-0.39, 0.29) is 11.8 Å². The Balaban J connectivity index is 2.11. The second kappa shape index (κ2) is 5.69. The van der Waals surface area contributed by atoms with Gasteiger partial charge in [0, 0.05) is 17.7 Å². The highest BCUT2D eigenvalue weighted by Gasteiger charge is 2.25. The fraction of sp³-hybridized carbons (Fsp3) is 0.333. The zero-order valence-corrected chi connectivity index (χ0v) is 10.8. The summed E-state index contributed by atoms with van der Waals surface area (Å²) in [5.74, 6) is -0.786. The molecule has 1 aliphatic rings. The molecule has 0 aromatic heterocycles. The van der Waals surface area contributed by atoms with E-state index in [1.807, 2.05) is 19.1 Å². The van der Waals surface area contributed by atoms with Gasteiger partial charge < -0.3 is 10.4 Å². The Bertz CT molecular complexity index is 530. The predicted molar refractivity (Wildman–Crippen MR) is 73.8 cm³/mol. The fourth-order valence-electron chi connectivity index (χ4n) is 1.97. The Labute approximate surface area is 112 Å². The zero-order valence-electron chi connectivity index (χ0n) is 10.8. The molecule has 0 bridgehead atoms. The molecule has 0 saturated heterocycles. The second-order valence-corrected chi connectivity index (χ2v) is 4.86. The van der Waals surface area contributed by atoms with E-state index >= 15 is 0 Å². The number of carboxylic acid groups (broad SMARTS) is 1. The Morgan fingerprint density at radius 1 is 1.37 bits per heavy atom.